The zero-order valence-electron chi connectivity index (χ0n) is 12.2. The summed E-state index contributed by atoms with van der Waals surface area (Å²) in [5, 5.41) is 6.57. The highest BCUT2D eigenvalue weighted by Crippen LogP contribution is 2.25. The van der Waals surface area contributed by atoms with E-state index < -0.39 is 0 Å². The number of hydrogen-bond donors (Lipinski definition) is 2. The molecule has 2 aromatic rings. The van der Waals surface area contributed by atoms with Crippen LogP contribution >= 0.6 is 12.2 Å². The average molecular weight is 304 g/mol. The Morgan fingerprint density at radius 1 is 1.05 bits per heavy atom. The molecule has 0 aliphatic carbocycles. The van der Waals surface area contributed by atoms with Crippen LogP contribution in [-0.2, 0) is 0 Å². The third-order valence-electron chi connectivity index (χ3n) is 3.04. The molecule has 2 aromatic carbocycles. The second-order valence-electron chi connectivity index (χ2n) is 4.74. The molecular formula is C16H17FN2OS. The average Bonchev–Trinajstić information content (AvgIpc) is 2.42. The molecule has 2 N–H and O–H groups in total. The van der Waals surface area contributed by atoms with Gasteiger partial charge in [0.2, 0.25) is 0 Å². The normalized spacial score (nSPS) is 10.1. The molecule has 0 amide bonds. The molecule has 0 saturated heterocycles. The Balaban J connectivity index is 2.13. The Bertz CT molecular complexity index is 673. The van der Waals surface area contributed by atoms with E-state index in [2.05, 4.69) is 10.6 Å². The number of anilines is 2. The lowest BCUT2D eigenvalue weighted by molar-refractivity contribution is 0.417. The van der Waals surface area contributed by atoms with Crippen molar-refractivity contribution in [3.8, 4) is 5.75 Å². The van der Waals surface area contributed by atoms with E-state index in [4.69, 9.17) is 17.0 Å². The number of nitrogens with one attached hydrogen (secondary N) is 2. The first-order valence-corrected chi connectivity index (χ1v) is 6.89. The SMILES string of the molecule is COc1ccc(C)cc1NC(=S)Nc1ccc(F)cc1C. The summed E-state index contributed by atoms with van der Waals surface area (Å²) in [6.07, 6.45) is 0. The highest BCUT2D eigenvalue weighted by atomic mass is 32.1. The van der Waals surface area contributed by atoms with Gasteiger partial charge in [-0.3, -0.25) is 0 Å². The van der Waals surface area contributed by atoms with Gasteiger partial charge in [-0.25, -0.2) is 4.39 Å². The fourth-order valence-electron chi connectivity index (χ4n) is 1.96. The van der Waals surface area contributed by atoms with E-state index in [0.29, 0.717) is 10.9 Å². The third-order valence-corrected chi connectivity index (χ3v) is 3.24. The van der Waals surface area contributed by atoms with Crippen molar-refractivity contribution in [3.05, 3.63) is 53.3 Å². The summed E-state index contributed by atoms with van der Waals surface area (Å²) in [5.74, 6) is 0.442. The molecular weight excluding hydrogens is 287 g/mol. The number of hydrogen-bond acceptors (Lipinski definition) is 2. The molecule has 0 fully saturated rings. The van der Waals surface area contributed by atoms with Crippen molar-refractivity contribution in [3.63, 3.8) is 0 Å². The van der Waals surface area contributed by atoms with E-state index >= 15 is 0 Å². The van der Waals surface area contributed by atoms with Gasteiger partial charge in [-0.05, 0) is 67.5 Å². The zero-order valence-corrected chi connectivity index (χ0v) is 13.0. The van der Waals surface area contributed by atoms with Crippen LogP contribution in [0, 0.1) is 19.7 Å². The van der Waals surface area contributed by atoms with Gasteiger partial charge >= 0.3 is 0 Å². The van der Waals surface area contributed by atoms with Crippen LogP contribution in [0.2, 0.25) is 0 Å². The summed E-state index contributed by atoms with van der Waals surface area (Å²) in [6.45, 7) is 3.81. The summed E-state index contributed by atoms with van der Waals surface area (Å²) in [6, 6.07) is 10.3. The van der Waals surface area contributed by atoms with E-state index in [-0.39, 0.29) is 5.82 Å². The molecule has 0 aromatic heterocycles. The first kappa shape index (κ1) is 15.3. The van der Waals surface area contributed by atoms with Crippen molar-refractivity contribution in [1.82, 2.24) is 0 Å². The van der Waals surface area contributed by atoms with Gasteiger partial charge in [0.1, 0.15) is 11.6 Å². The molecule has 0 aliphatic heterocycles. The minimum Gasteiger partial charge on any atom is -0.495 e. The fraction of sp³-hybridized carbons (Fsp3) is 0.188. The number of halogens is 1. The summed E-state index contributed by atoms with van der Waals surface area (Å²) in [4.78, 5) is 0. The molecule has 2 rings (SSSR count). The molecule has 5 heteroatoms. The van der Waals surface area contributed by atoms with Crippen LogP contribution in [0.5, 0.6) is 5.75 Å². The van der Waals surface area contributed by atoms with Gasteiger partial charge in [-0.2, -0.15) is 0 Å². The minimum atomic E-state index is -0.266. The molecule has 21 heavy (non-hydrogen) atoms. The molecule has 110 valence electrons. The molecule has 0 atom stereocenters. The lowest BCUT2D eigenvalue weighted by Crippen LogP contribution is -2.20. The highest BCUT2D eigenvalue weighted by molar-refractivity contribution is 7.80. The number of ether oxygens (including phenoxy) is 1. The predicted molar refractivity (Wildman–Crippen MR) is 88.7 cm³/mol. The lowest BCUT2D eigenvalue weighted by atomic mass is 10.2. The van der Waals surface area contributed by atoms with Gasteiger partial charge in [0, 0.05) is 5.69 Å². The Kier molecular flexibility index (Phi) is 4.75. The molecule has 0 unspecified atom stereocenters. The molecule has 0 radical (unpaired) electrons. The monoisotopic (exact) mass is 304 g/mol. The van der Waals surface area contributed by atoms with Gasteiger partial charge in [0.15, 0.2) is 5.11 Å². The van der Waals surface area contributed by atoms with Crippen molar-refractivity contribution in [2.24, 2.45) is 0 Å². The van der Waals surface area contributed by atoms with Crippen LogP contribution in [0.4, 0.5) is 15.8 Å². The number of aryl methyl sites for hydroxylation is 2. The second-order valence-corrected chi connectivity index (χ2v) is 5.15. The van der Waals surface area contributed by atoms with Crippen molar-refractivity contribution in [2.75, 3.05) is 17.7 Å². The Morgan fingerprint density at radius 3 is 2.43 bits per heavy atom. The summed E-state index contributed by atoms with van der Waals surface area (Å²) < 4.78 is 18.4. The molecule has 0 saturated carbocycles. The molecule has 0 spiro atoms. The summed E-state index contributed by atoms with van der Waals surface area (Å²) in [7, 11) is 1.61. The second kappa shape index (κ2) is 6.54. The van der Waals surface area contributed by atoms with E-state index in [1.54, 1.807) is 13.2 Å². The van der Waals surface area contributed by atoms with E-state index in [9.17, 15) is 4.39 Å². The van der Waals surface area contributed by atoms with Crippen LogP contribution in [0.1, 0.15) is 11.1 Å². The largest absolute Gasteiger partial charge is 0.495 e. The standard InChI is InChI=1S/C16H17FN2OS/c1-10-4-7-15(20-3)14(8-10)19-16(21)18-13-6-5-12(17)9-11(13)2/h4-9H,1-3H3,(H2,18,19,21). The van der Waals surface area contributed by atoms with Gasteiger partial charge in [0.05, 0.1) is 12.8 Å². The fourth-order valence-corrected chi connectivity index (χ4v) is 2.18. The van der Waals surface area contributed by atoms with Crippen LogP contribution in [0.15, 0.2) is 36.4 Å². The first-order chi connectivity index (χ1) is 9.99. The Morgan fingerprint density at radius 2 is 1.76 bits per heavy atom. The van der Waals surface area contributed by atoms with E-state index in [0.717, 1.165) is 22.5 Å². The lowest BCUT2D eigenvalue weighted by Gasteiger charge is -2.15. The van der Waals surface area contributed by atoms with Gasteiger partial charge in [-0.1, -0.05) is 6.07 Å². The summed E-state index contributed by atoms with van der Waals surface area (Å²) in [5.41, 5.74) is 3.43. The Hall–Kier alpha value is -2.14. The smallest absolute Gasteiger partial charge is 0.175 e. The maximum Gasteiger partial charge on any atom is 0.175 e. The van der Waals surface area contributed by atoms with Gasteiger partial charge in [0.25, 0.3) is 0 Å². The number of thiocarbonyl (C=S) groups is 1. The van der Waals surface area contributed by atoms with Crippen LogP contribution < -0.4 is 15.4 Å². The molecule has 0 bridgehead atoms. The number of methoxy groups -OCH3 is 1. The molecule has 0 heterocycles. The van der Waals surface area contributed by atoms with Gasteiger partial charge < -0.3 is 15.4 Å². The van der Waals surface area contributed by atoms with Crippen LogP contribution in [-0.4, -0.2) is 12.2 Å². The third kappa shape index (κ3) is 3.92. The van der Waals surface area contributed by atoms with Crippen molar-refractivity contribution >= 4 is 28.7 Å². The van der Waals surface area contributed by atoms with E-state index in [1.165, 1.54) is 12.1 Å². The zero-order chi connectivity index (χ0) is 15.4. The van der Waals surface area contributed by atoms with Crippen molar-refractivity contribution in [2.45, 2.75) is 13.8 Å². The van der Waals surface area contributed by atoms with Crippen LogP contribution in [0.25, 0.3) is 0 Å². The maximum atomic E-state index is 13.1. The highest BCUT2D eigenvalue weighted by Gasteiger charge is 2.07. The first-order valence-electron chi connectivity index (χ1n) is 6.48. The van der Waals surface area contributed by atoms with Crippen LogP contribution in [0.3, 0.4) is 0 Å². The Labute approximate surface area is 129 Å². The molecule has 0 aliphatic rings. The molecule has 3 nitrogen and oxygen atoms in total. The number of benzene rings is 2. The quantitative estimate of drug-likeness (QED) is 0.830. The van der Waals surface area contributed by atoms with Crippen molar-refractivity contribution in [1.29, 1.82) is 0 Å². The van der Waals surface area contributed by atoms with E-state index in [1.807, 2.05) is 32.0 Å². The predicted octanol–water partition coefficient (Wildman–Crippen LogP) is 4.26. The number of rotatable bonds is 3. The van der Waals surface area contributed by atoms with Crippen molar-refractivity contribution < 1.29 is 9.13 Å². The summed E-state index contributed by atoms with van der Waals surface area (Å²) >= 11 is 5.29. The maximum absolute atomic E-state index is 13.1. The topological polar surface area (TPSA) is 33.3 Å². The van der Waals surface area contributed by atoms with Gasteiger partial charge in [-0.15, -0.1) is 0 Å². The minimum absolute atomic E-state index is 0.266.